The average Bonchev–Trinajstić information content (AvgIpc) is 2.86. The van der Waals surface area contributed by atoms with Crippen molar-refractivity contribution in [3.63, 3.8) is 0 Å². The summed E-state index contributed by atoms with van der Waals surface area (Å²) in [5, 5.41) is 3.50. The molecule has 18 heavy (non-hydrogen) atoms. The third kappa shape index (κ3) is 3.23. The van der Waals surface area contributed by atoms with Gasteiger partial charge in [0.2, 0.25) is 5.91 Å². The van der Waals surface area contributed by atoms with E-state index in [1.807, 2.05) is 18.9 Å². The van der Waals surface area contributed by atoms with Crippen molar-refractivity contribution >= 4 is 5.91 Å². The quantitative estimate of drug-likeness (QED) is 0.809. The van der Waals surface area contributed by atoms with Crippen LogP contribution >= 0.6 is 0 Å². The minimum atomic E-state index is 0.271. The number of amides is 1. The lowest BCUT2D eigenvalue weighted by Gasteiger charge is -2.34. The van der Waals surface area contributed by atoms with Gasteiger partial charge in [-0.05, 0) is 58.2 Å². The van der Waals surface area contributed by atoms with Crippen LogP contribution in [0.1, 0.15) is 32.6 Å². The van der Waals surface area contributed by atoms with E-state index in [0.717, 1.165) is 25.6 Å². The van der Waals surface area contributed by atoms with E-state index in [0.29, 0.717) is 12.6 Å². The molecule has 0 aromatic carbocycles. The first-order valence-electron chi connectivity index (χ1n) is 7.41. The lowest BCUT2D eigenvalue weighted by molar-refractivity contribution is -0.131. The Morgan fingerprint density at radius 1 is 1.39 bits per heavy atom. The Morgan fingerprint density at radius 3 is 2.89 bits per heavy atom. The second kappa shape index (κ2) is 6.53. The van der Waals surface area contributed by atoms with Crippen LogP contribution in [0.2, 0.25) is 0 Å². The van der Waals surface area contributed by atoms with Crippen LogP contribution in [0.5, 0.6) is 0 Å². The Morgan fingerprint density at radius 2 is 2.22 bits per heavy atom. The number of likely N-dealkylation sites (N-methyl/N-ethyl adjacent to an activating group) is 1. The fraction of sp³-hybridized carbons (Fsp3) is 0.929. The summed E-state index contributed by atoms with van der Waals surface area (Å²) in [6, 6.07) is 0.631. The Bertz CT molecular complexity index is 276. The topological polar surface area (TPSA) is 35.6 Å². The van der Waals surface area contributed by atoms with Crippen molar-refractivity contribution in [2.75, 3.05) is 39.8 Å². The van der Waals surface area contributed by atoms with E-state index in [9.17, 15) is 4.79 Å². The molecule has 0 bridgehead atoms. The number of hydrogen-bond acceptors (Lipinski definition) is 3. The van der Waals surface area contributed by atoms with Crippen LogP contribution in [0.25, 0.3) is 0 Å². The number of nitrogens with one attached hydrogen (secondary N) is 1. The maximum atomic E-state index is 12.0. The lowest BCUT2D eigenvalue weighted by Crippen LogP contribution is -2.46. The van der Waals surface area contributed by atoms with Crippen LogP contribution in [0.4, 0.5) is 0 Å². The highest BCUT2D eigenvalue weighted by Gasteiger charge is 2.33. The van der Waals surface area contributed by atoms with Gasteiger partial charge in [0.05, 0.1) is 6.54 Å². The van der Waals surface area contributed by atoms with Gasteiger partial charge in [-0.1, -0.05) is 0 Å². The third-order valence-corrected chi connectivity index (χ3v) is 4.53. The van der Waals surface area contributed by atoms with Crippen LogP contribution in [0, 0.1) is 5.92 Å². The summed E-state index contributed by atoms with van der Waals surface area (Å²) in [7, 11) is 1.90. The van der Waals surface area contributed by atoms with E-state index >= 15 is 0 Å². The third-order valence-electron chi connectivity index (χ3n) is 4.53. The highest BCUT2D eigenvalue weighted by Crippen LogP contribution is 2.27. The SMILES string of the molecule is CCN(C)C(=O)CN1CCCC1C1CCCNC1. The Hall–Kier alpha value is -0.610. The van der Waals surface area contributed by atoms with Crippen LogP contribution in [0.3, 0.4) is 0 Å². The Balaban J connectivity index is 1.88. The fourth-order valence-electron chi connectivity index (χ4n) is 3.26. The molecule has 0 aromatic heterocycles. The lowest BCUT2D eigenvalue weighted by atomic mass is 9.90. The van der Waals surface area contributed by atoms with Crippen molar-refractivity contribution in [3.05, 3.63) is 0 Å². The van der Waals surface area contributed by atoms with Crippen molar-refractivity contribution in [2.24, 2.45) is 5.92 Å². The molecule has 2 unspecified atom stereocenters. The van der Waals surface area contributed by atoms with Gasteiger partial charge in [-0.3, -0.25) is 9.69 Å². The summed E-state index contributed by atoms with van der Waals surface area (Å²) >= 11 is 0. The first kappa shape index (κ1) is 13.8. The van der Waals surface area contributed by atoms with Crippen molar-refractivity contribution in [3.8, 4) is 0 Å². The van der Waals surface area contributed by atoms with E-state index in [1.54, 1.807) is 0 Å². The number of carbonyl (C=O) groups is 1. The standard InChI is InChI=1S/C14H27N3O/c1-3-16(2)14(18)11-17-9-5-7-13(17)12-6-4-8-15-10-12/h12-13,15H,3-11H2,1-2H3. The average molecular weight is 253 g/mol. The molecule has 0 spiro atoms. The molecule has 0 aliphatic carbocycles. The van der Waals surface area contributed by atoms with Gasteiger partial charge in [0.15, 0.2) is 0 Å². The number of rotatable bonds is 4. The molecule has 1 amide bonds. The molecule has 2 rings (SSSR count). The highest BCUT2D eigenvalue weighted by atomic mass is 16.2. The van der Waals surface area contributed by atoms with Crippen molar-refractivity contribution in [1.29, 1.82) is 0 Å². The summed E-state index contributed by atoms with van der Waals surface area (Å²) < 4.78 is 0. The number of hydrogen-bond donors (Lipinski definition) is 1. The van der Waals surface area contributed by atoms with Crippen LogP contribution < -0.4 is 5.32 Å². The van der Waals surface area contributed by atoms with Gasteiger partial charge in [-0.15, -0.1) is 0 Å². The zero-order valence-corrected chi connectivity index (χ0v) is 11.8. The van der Waals surface area contributed by atoms with Crippen LogP contribution in [-0.4, -0.2) is 61.5 Å². The number of nitrogens with zero attached hydrogens (tertiary/aromatic N) is 2. The molecule has 2 aliphatic heterocycles. The predicted octanol–water partition coefficient (Wildman–Crippen LogP) is 0.929. The normalized spacial score (nSPS) is 29.4. The smallest absolute Gasteiger partial charge is 0.236 e. The van der Waals surface area contributed by atoms with Gasteiger partial charge in [0.1, 0.15) is 0 Å². The molecule has 4 nitrogen and oxygen atoms in total. The second-order valence-electron chi connectivity index (χ2n) is 5.69. The maximum absolute atomic E-state index is 12.0. The molecule has 2 atom stereocenters. The van der Waals surface area contributed by atoms with Crippen molar-refractivity contribution in [1.82, 2.24) is 15.1 Å². The summed E-state index contributed by atoms with van der Waals surface area (Å²) in [5.74, 6) is 1.02. The molecular formula is C14H27N3O. The Labute approximate surface area is 111 Å². The van der Waals surface area contributed by atoms with Gasteiger partial charge >= 0.3 is 0 Å². The van der Waals surface area contributed by atoms with E-state index in [4.69, 9.17) is 0 Å². The Kier molecular flexibility index (Phi) is 5.01. The molecule has 0 saturated carbocycles. The molecule has 2 aliphatic rings. The first-order valence-corrected chi connectivity index (χ1v) is 7.41. The largest absolute Gasteiger partial charge is 0.345 e. The molecular weight excluding hydrogens is 226 g/mol. The summed E-state index contributed by atoms with van der Waals surface area (Å²) in [6.45, 7) is 6.86. The molecule has 104 valence electrons. The minimum absolute atomic E-state index is 0.271. The first-order chi connectivity index (χ1) is 8.72. The zero-order valence-electron chi connectivity index (χ0n) is 11.8. The minimum Gasteiger partial charge on any atom is -0.345 e. The van der Waals surface area contributed by atoms with Crippen molar-refractivity contribution < 1.29 is 4.79 Å². The molecule has 0 aromatic rings. The van der Waals surface area contributed by atoms with Crippen LogP contribution in [0.15, 0.2) is 0 Å². The highest BCUT2D eigenvalue weighted by molar-refractivity contribution is 5.78. The number of piperidine rings is 1. The zero-order chi connectivity index (χ0) is 13.0. The van der Waals surface area contributed by atoms with E-state index < -0.39 is 0 Å². The van der Waals surface area contributed by atoms with Crippen LogP contribution in [-0.2, 0) is 4.79 Å². The summed E-state index contributed by atoms with van der Waals surface area (Å²) in [4.78, 5) is 16.3. The van der Waals surface area contributed by atoms with E-state index in [1.165, 1.54) is 32.2 Å². The predicted molar refractivity (Wildman–Crippen MR) is 73.5 cm³/mol. The second-order valence-corrected chi connectivity index (χ2v) is 5.69. The number of carbonyl (C=O) groups excluding carboxylic acids is 1. The number of likely N-dealkylation sites (tertiary alicyclic amines) is 1. The maximum Gasteiger partial charge on any atom is 0.236 e. The molecule has 4 heteroatoms. The van der Waals surface area contributed by atoms with Gasteiger partial charge in [0, 0.05) is 19.6 Å². The van der Waals surface area contributed by atoms with E-state index in [-0.39, 0.29) is 5.91 Å². The van der Waals surface area contributed by atoms with Crippen molar-refractivity contribution in [2.45, 2.75) is 38.6 Å². The molecule has 2 fully saturated rings. The van der Waals surface area contributed by atoms with Gasteiger partial charge in [0.25, 0.3) is 0 Å². The van der Waals surface area contributed by atoms with Gasteiger partial charge < -0.3 is 10.2 Å². The van der Waals surface area contributed by atoms with E-state index in [2.05, 4.69) is 10.2 Å². The fourth-order valence-corrected chi connectivity index (χ4v) is 3.26. The summed E-state index contributed by atoms with van der Waals surface area (Å²) in [5.41, 5.74) is 0. The molecule has 0 radical (unpaired) electrons. The van der Waals surface area contributed by atoms with Gasteiger partial charge in [-0.25, -0.2) is 0 Å². The monoisotopic (exact) mass is 253 g/mol. The summed E-state index contributed by atoms with van der Waals surface area (Å²) in [6.07, 6.45) is 5.14. The molecule has 2 saturated heterocycles. The molecule has 1 N–H and O–H groups in total. The molecule has 2 heterocycles. The van der Waals surface area contributed by atoms with Gasteiger partial charge in [-0.2, -0.15) is 0 Å².